The number of nitrogens with zero attached hydrogens (tertiary/aromatic N) is 3. The van der Waals surface area contributed by atoms with Gasteiger partial charge in [-0.1, -0.05) is 6.07 Å². The molecule has 3 rings (SSSR count). The molecular formula is C16H13F5N4O. The summed E-state index contributed by atoms with van der Waals surface area (Å²) in [5, 5.41) is 3.96. The van der Waals surface area contributed by atoms with Gasteiger partial charge in [0.2, 0.25) is 0 Å². The summed E-state index contributed by atoms with van der Waals surface area (Å²) in [7, 11) is 0. The van der Waals surface area contributed by atoms with Crippen LogP contribution in [-0.4, -0.2) is 19.7 Å². The zero-order valence-electron chi connectivity index (χ0n) is 13.7. The number of benzene rings is 1. The Balaban J connectivity index is 2.15. The Kier molecular flexibility index (Phi) is 4.29. The van der Waals surface area contributed by atoms with Gasteiger partial charge in [-0.2, -0.15) is 18.3 Å². The molecule has 0 aliphatic carbocycles. The van der Waals surface area contributed by atoms with E-state index in [2.05, 4.69) is 15.1 Å². The van der Waals surface area contributed by atoms with Crippen LogP contribution >= 0.6 is 0 Å². The average Bonchev–Trinajstić information content (AvgIpc) is 2.91. The van der Waals surface area contributed by atoms with Gasteiger partial charge in [-0.15, -0.1) is 0 Å². The molecule has 0 aliphatic rings. The number of aryl methyl sites for hydroxylation is 1. The lowest BCUT2D eigenvalue weighted by molar-refractivity contribution is -0.140. The van der Waals surface area contributed by atoms with Crippen molar-refractivity contribution in [3.8, 4) is 0 Å². The maximum absolute atomic E-state index is 13.9. The second-order valence-corrected chi connectivity index (χ2v) is 5.79. The number of halogens is 5. The van der Waals surface area contributed by atoms with Crippen LogP contribution in [0.1, 0.15) is 35.6 Å². The van der Waals surface area contributed by atoms with E-state index < -0.39 is 35.8 Å². The van der Waals surface area contributed by atoms with Gasteiger partial charge in [-0.05, 0) is 31.5 Å². The summed E-state index contributed by atoms with van der Waals surface area (Å²) >= 11 is 0. The number of aromatic nitrogens is 4. The van der Waals surface area contributed by atoms with Gasteiger partial charge in [0.25, 0.3) is 5.56 Å². The molecule has 0 bridgehead atoms. The Labute approximate surface area is 143 Å². The van der Waals surface area contributed by atoms with Gasteiger partial charge in [0, 0.05) is 0 Å². The largest absolute Gasteiger partial charge is 0.419 e. The Morgan fingerprint density at radius 3 is 2.58 bits per heavy atom. The summed E-state index contributed by atoms with van der Waals surface area (Å²) in [6.45, 7) is 2.04. The second-order valence-electron chi connectivity index (χ2n) is 5.79. The maximum Gasteiger partial charge on any atom is 0.419 e. The monoisotopic (exact) mass is 372 g/mol. The van der Waals surface area contributed by atoms with Crippen LogP contribution in [0, 0.1) is 12.7 Å². The smallest absolute Gasteiger partial charge is 0.310 e. The van der Waals surface area contributed by atoms with E-state index in [4.69, 9.17) is 0 Å². The van der Waals surface area contributed by atoms with Gasteiger partial charge < -0.3 is 4.98 Å². The number of alkyl halides is 4. The van der Waals surface area contributed by atoms with Crippen LogP contribution in [0.2, 0.25) is 0 Å². The fourth-order valence-electron chi connectivity index (χ4n) is 2.75. The lowest BCUT2D eigenvalue weighted by Gasteiger charge is -2.15. The maximum atomic E-state index is 13.9. The summed E-state index contributed by atoms with van der Waals surface area (Å²) in [6.07, 6.45) is -4.81. The van der Waals surface area contributed by atoms with E-state index in [1.54, 1.807) is 0 Å². The third-order valence-corrected chi connectivity index (χ3v) is 4.03. The number of H-pyrrole nitrogens is 1. The van der Waals surface area contributed by atoms with Crippen molar-refractivity contribution in [1.29, 1.82) is 0 Å². The number of nitrogens with one attached hydrogen (secondary N) is 1. The van der Waals surface area contributed by atoms with Gasteiger partial charge in [0.1, 0.15) is 29.4 Å². The number of rotatable bonds is 3. The van der Waals surface area contributed by atoms with Crippen LogP contribution in [0.4, 0.5) is 22.0 Å². The summed E-state index contributed by atoms with van der Waals surface area (Å²) < 4.78 is 66.4. The quantitative estimate of drug-likeness (QED) is 0.714. The molecule has 0 amide bonds. The summed E-state index contributed by atoms with van der Waals surface area (Å²) in [5.41, 5.74) is -1.85. The van der Waals surface area contributed by atoms with E-state index in [1.165, 1.54) is 18.5 Å². The molecule has 0 saturated heterocycles. The highest BCUT2D eigenvalue weighted by Gasteiger charge is 2.34. The summed E-state index contributed by atoms with van der Waals surface area (Å²) in [6, 6.07) is 1.72. The molecule has 26 heavy (non-hydrogen) atoms. The number of hydrogen-bond donors (Lipinski definition) is 1. The Morgan fingerprint density at radius 1 is 1.31 bits per heavy atom. The highest BCUT2D eigenvalue weighted by molar-refractivity contribution is 5.77. The first-order valence-corrected chi connectivity index (χ1v) is 7.54. The highest BCUT2D eigenvalue weighted by atomic mass is 19.4. The highest BCUT2D eigenvalue weighted by Crippen LogP contribution is 2.33. The van der Waals surface area contributed by atoms with E-state index in [9.17, 15) is 26.7 Å². The fourth-order valence-corrected chi connectivity index (χ4v) is 2.75. The van der Waals surface area contributed by atoms with Gasteiger partial charge >= 0.3 is 6.18 Å². The number of aromatic amines is 1. The molecule has 138 valence electrons. The Morgan fingerprint density at radius 2 is 2.00 bits per heavy atom. The van der Waals surface area contributed by atoms with E-state index in [0.717, 1.165) is 12.1 Å². The van der Waals surface area contributed by atoms with Gasteiger partial charge in [0.15, 0.2) is 5.65 Å². The van der Waals surface area contributed by atoms with Crippen molar-refractivity contribution in [3.05, 3.63) is 57.0 Å². The van der Waals surface area contributed by atoms with Crippen LogP contribution < -0.4 is 5.56 Å². The molecule has 3 aromatic rings. The third kappa shape index (κ3) is 2.95. The molecule has 0 spiro atoms. The first-order chi connectivity index (χ1) is 12.1. The molecule has 10 heteroatoms. The van der Waals surface area contributed by atoms with Crippen molar-refractivity contribution in [3.63, 3.8) is 0 Å². The molecule has 0 radical (unpaired) electrons. The lowest BCUT2D eigenvalue weighted by Crippen LogP contribution is -2.14. The Bertz CT molecular complexity index is 1040. The molecule has 0 saturated carbocycles. The van der Waals surface area contributed by atoms with Crippen LogP contribution in [0.25, 0.3) is 11.0 Å². The molecule has 1 atom stereocenters. The minimum atomic E-state index is -4.81. The van der Waals surface area contributed by atoms with Crippen molar-refractivity contribution in [1.82, 2.24) is 19.7 Å². The van der Waals surface area contributed by atoms with Crippen molar-refractivity contribution in [2.75, 3.05) is 0 Å². The normalized spacial score (nSPS) is 13.3. The van der Waals surface area contributed by atoms with Crippen molar-refractivity contribution in [2.24, 2.45) is 0 Å². The first kappa shape index (κ1) is 18.0. The molecule has 1 aromatic carbocycles. The van der Waals surface area contributed by atoms with E-state index in [1.807, 2.05) is 0 Å². The lowest BCUT2D eigenvalue weighted by atomic mass is 10.1. The van der Waals surface area contributed by atoms with E-state index in [0.29, 0.717) is 6.07 Å². The van der Waals surface area contributed by atoms with Crippen LogP contribution in [-0.2, 0) is 12.9 Å². The Hall–Kier alpha value is -2.78. The molecule has 0 aliphatic heterocycles. The SMILES string of the molecule is Cc1nc2c(c(CF)nn2C(C)c2ccc(C(F)(F)F)c(F)c2)c(=O)[nH]1. The fraction of sp³-hybridized carbons (Fsp3) is 0.312. The van der Waals surface area contributed by atoms with Crippen LogP contribution in [0.5, 0.6) is 0 Å². The van der Waals surface area contributed by atoms with Crippen LogP contribution in [0.3, 0.4) is 0 Å². The van der Waals surface area contributed by atoms with Crippen molar-refractivity contribution >= 4 is 11.0 Å². The summed E-state index contributed by atoms with van der Waals surface area (Å²) in [5.74, 6) is -1.16. The van der Waals surface area contributed by atoms with E-state index >= 15 is 0 Å². The predicted octanol–water partition coefficient (Wildman–Crippen LogP) is 3.66. The second kappa shape index (κ2) is 6.19. The molecule has 2 heterocycles. The van der Waals surface area contributed by atoms with Gasteiger partial charge in [-0.3, -0.25) is 4.79 Å². The zero-order chi connectivity index (χ0) is 19.2. The minimum Gasteiger partial charge on any atom is -0.310 e. The molecule has 2 aromatic heterocycles. The van der Waals surface area contributed by atoms with Crippen LogP contribution in [0.15, 0.2) is 23.0 Å². The van der Waals surface area contributed by atoms with Gasteiger partial charge in [0.05, 0.1) is 11.6 Å². The molecule has 5 nitrogen and oxygen atoms in total. The van der Waals surface area contributed by atoms with Crippen molar-refractivity contribution < 1.29 is 22.0 Å². The molecular weight excluding hydrogens is 359 g/mol. The minimum absolute atomic E-state index is 0.0441. The van der Waals surface area contributed by atoms with Crippen molar-refractivity contribution in [2.45, 2.75) is 32.7 Å². The zero-order valence-corrected chi connectivity index (χ0v) is 13.7. The van der Waals surface area contributed by atoms with E-state index in [-0.39, 0.29) is 28.1 Å². The molecule has 1 unspecified atom stereocenters. The number of fused-ring (bicyclic) bond motifs is 1. The average molecular weight is 372 g/mol. The number of hydrogen-bond acceptors (Lipinski definition) is 3. The predicted molar refractivity (Wildman–Crippen MR) is 82.9 cm³/mol. The third-order valence-electron chi connectivity index (χ3n) is 4.03. The summed E-state index contributed by atoms with van der Waals surface area (Å²) in [4.78, 5) is 18.6. The topological polar surface area (TPSA) is 63.6 Å². The van der Waals surface area contributed by atoms with Gasteiger partial charge in [-0.25, -0.2) is 18.4 Å². The standard InChI is InChI=1S/C16H13F5N4O/c1-7(9-3-4-10(11(18)5-9)16(19,20)21)25-14-13(12(6-17)24-25)15(26)23-8(2)22-14/h3-5,7H,6H2,1-2H3,(H,22,23,26). The molecule has 0 fully saturated rings. The first-order valence-electron chi connectivity index (χ1n) is 7.54. The molecule has 1 N–H and O–H groups in total.